The van der Waals surface area contributed by atoms with Gasteiger partial charge >= 0.3 is 0 Å². The molecule has 104 valence electrons. The highest BCUT2D eigenvalue weighted by molar-refractivity contribution is 6.35. The fraction of sp³-hybridized carbons (Fsp3) is 0.462. The number of hydrogen-bond acceptors (Lipinski definition) is 3. The van der Waals surface area contributed by atoms with Gasteiger partial charge < -0.3 is 15.7 Å². The molecule has 6 heteroatoms. The summed E-state index contributed by atoms with van der Waals surface area (Å²) in [5, 5.41) is 16.5. The van der Waals surface area contributed by atoms with Gasteiger partial charge in [0.15, 0.2) is 0 Å². The Morgan fingerprint density at radius 2 is 2.16 bits per heavy atom. The molecule has 0 radical (unpaired) electrons. The summed E-state index contributed by atoms with van der Waals surface area (Å²) in [7, 11) is 0. The Kier molecular flexibility index (Phi) is 4.91. The number of benzene rings is 1. The van der Waals surface area contributed by atoms with Gasteiger partial charge in [0, 0.05) is 23.7 Å². The van der Waals surface area contributed by atoms with Crippen molar-refractivity contribution >= 4 is 29.1 Å². The summed E-state index contributed by atoms with van der Waals surface area (Å²) >= 11 is 11.7. The quantitative estimate of drug-likeness (QED) is 0.804. The minimum Gasteiger partial charge on any atom is -0.506 e. The van der Waals surface area contributed by atoms with Crippen molar-refractivity contribution in [1.29, 1.82) is 0 Å². The Bertz CT molecular complexity index is 480. The highest BCUT2D eigenvalue weighted by Gasteiger charge is 2.20. The molecule has 1 aliphatic rings. The van der Waals surface area contributed by atoms with Crippen LogP contribution in [0.1, 0.15) is 24.8 Å². The van der Waals surface area contributed by atoms with E-state index in [1.807, 2.05) is 0 Å². The third kappa shape index (κ3) is 3.75. The average molecular weight is 303 g/mol. The topological polar surface area (TPSA) is 61.4 Å². The Morgan fingerprint density at radius 3 is 2.95 bits per heavy atom. The number of rotatable bonds is 3. The van der Waals surface area contributed by atoms with Crippen LogP contribution in [0.25, 0.3) is 0 Å². The molecule has 1 saturated heterocycles. The summed E-state index contributed by atoms with van der Waals surface area (Å²) in [5.74, 6) is 0.0118. The maximum atomic E-state index is 11.8. The van der Waals surface area contributed by atoms with Crippen LogP contribution in [0.2, 0.25) is 10.0 Å². The van der Waals surface area contributed by atoms with E-state index in [0.29, 0.717) is 17.1 Å². The lowest BCUT2D eigenvalue weighted by atomic mass is 10.1. The SMILES string of the molecule is O=C1NCCCCC1NCc1cc(Cl)cc(Cl)c1O. The minimum atomic E-state index is -0.236. The molecule has 0 aromatic heterocycles. The first-order valence-electron chi connectivity index (χ1n) is 6.26. The molecule has 19 heavy (non-hydrogen) atoms. The van der Waals surface area contributed by atoms with E-state index in [9.17, 15) is 9.90 Å². The lowest BCUT2D eigenvalue weighted by Gasteiger charge is -2.16. The van der Waals surface area contributed by atoms with E-state index in [4.69, 9.17) is 23.2 Å². The number of phenolic OH excluding ortho intramolecular Hbond substituents is 1. The number of halogens is 2. The van der Waals surface area contributed by atoms with E-state index in [1.54, 1.807) is 6.07 Å². The first-order chi connectivity index (χ1) is 9.08. The van der Waals surface area contributed by atoms with Crippen LogP contribution in [0.4, 0.5) is 0 Å². The van der Waals surface area contributed by atoms with Gasteiger partial charge in [-0.2, -0.15) is 0 Å². The number of hydrogen-bond donors (Lipinski definition) is 3. The van der Waals surface area contributed by atoms with Crippen LogP contribution < -0.4 is 10.6 Å². The van der Waals surface area contributed by atoms with Crippen LogP contribution in [0.5, 0.6) is 5.75 Å². The number of phenols is 1. The van der Waals surface area contributed by atoms with Crippen molar-refractivity contribution in [2.75, 3.05) is 6.54 Å². The maximum Gasteiger partial charge on any atom is 0.237 e. The van der Waals surface area contributed by atoms with Crippen molar-refractivity contribution in [3.63, 3.8) is 0 Å². The Hall–Kier alpha value is -0.970. The van der Waals surface area contributed by atoms with Crippen molar-refractivity contribution in [2.24, 2.45) is 0 Å². The predicted molar refractivity (Wildman–Crippen MR) is 75.6 cm³/mol. The van der Waals surface area contributed by atoms with Crippen LogP contribution in [0.3, 0.4) is 0 Å². The van der Waals surface area contributed by atoms with Crippen molar-refractivity contribution in [3.8, 4) is 5.75 Å². The smallest absolute Gasteiger partial charge is 0.237 e. The standard InChI is InChI=1S/C13H16Cl2N2O2/c14-9-5-8(12(18)10(15)6-9)7-17-11-3-1-2-4-16-13(11)19/h5-6,11,17-18H,1-4,7H2,(H,16,19). The number of aromatic hydroxyl groups is 1. The molecule has 1 aliphatic heterocycles. The normalized spacial score (nSPS) is 19.9. The van der Waals surface area contributed by atoms with E-state index in [2.05, 4.69) is 10.6 Å². The Labute approximate surface area is 122 Å². The summed E-state index contributed by atoms with van der Waals surface area (Å²) in [5.41, 5.74) is 0.592. The van der Waals surface area contributed by atoms with Gasteiger partial charge in [0.2, 0.25) is 5.91 Å². The van der Waals surface area contributed by atoms with Crippen molar-refractivity contribution in [2.45, 2.75) is 31.8 Å². The Morgan fingerprint density at radius 1 is 1.37 bits per heavy atom. The first-order valence-corrected chi connectivity index (χ1v) is 7.01. The molecule has 1 unspecified atom stereocenters. The van der Waals surface area contributed by atoms with E-state index in [-0.39, 0.29) is 22.7 Å². The average Bonchev–Trinajstić information content (AvgIpc) is 2.57. The molecule has 1 fully saturated rings. The second-order valence-electron chi connectivity index (χ2n) is 4.62. The fourth-order valence-corrected chi connectivity index (χ4v) is 2.66. The predicted octanol–water partition coefficient (Wildman–Crippen LogP) is 2.46. The molecule has 1 amide bonds. The van der Waals surface area contributed by atoms with Gasteiger partial charge in [0.1, 0.15) is 5.75 Å². The molecule has 0 saturated carbocycles. The number of carbonyl (C=O) groups excluding carboxylic acids is 1. The molecular formula is C13H16Cl2N2O2. The molecule has 2 rings (SSSR count). The third-order valence-corrected chi connectivity index (χ3v) is 3.69. The van der Waals surface area contributed by atoms with Crippen LogP contribution in [0, 0.1) is 0 Å². The van der Waals surface area contributed by atoms with E-state index in [1.165, 1.54) is 6.07 Å². The van der Waals surface area contributed by atoms with E-state index >= 15 is 0 Å². The van der Waals surface area contributed by atoms with Gasteiger partial charge in [0.05, 0.1) is 11.1 Å². The second-order valence-corrected chi connectivity index (χ2v) is 5.46. The Balaban J connectivity index is 2.03. The molecule has 0 bridgehead atoms. The van der Waals surface area contributed by atoms with Gasteiger partial charge in [-0.05, 0) is 31.4 Å². The highest BCUT2D eigenvalue weighted by Crippen LogP contribution is 2.31. The molecule has 1 aromatic rings. The second kappa shape index (κ2) is 6.46. The third-order valence-electron chi connectivity index (χ3n) is 3.18. The van der Waals surface area contributed by atoms with Gasteiger partial charge in [-0.3, -0.25) is 4.79 Å². The molecule has 1 atom stereocenters. The van der Waals surface area contributed by atoms with E-state index in [0.717, 1.165) is 25.8 Å². The zero-order valence-corrected chi connectivity index (χ0v) is 11.9. The molecule has 0 aliphatic carbocycles. The number of carbonyl (C=O) groups is 1. The molecule has 4 nitrogen and oxygen atoms in total. The van der Waals surface area contributed by atoms with Gasteiger partial charge in [-0.1, -0.05) is 23.2 Å². The van der Waals surface area contributed by atoms with Crippen LogP contribution in [-0.4, -0.2) is 23.6 Å². The number of amides is 1. The summed E-state index contributed by atoms with van der Waals surface area (Å²) in [4.78, 5) is 11.8. The summed E-state index contributed by atoms with van der Waals surface area (Å²) in [6.07, 6.45) is 2.79. The monoisotopic (exact) mass is 302 g/mol. The van der Waals surface area contributed by atoms with Crippen molar-refractivity contribution < 1.29 is 9.90 Å². The highest BCUT2D eigenvalue weighted by atomic mass is 35.5. The van der Waals surface area contributed by atoms with Crippen LogP contribution in [-0.2, 0) is 11.3 Å². The molecule has 1 aromatic carbocycles. The van der Waals surface area contributed by atoms with Crippen LogP contribution in [0.15, 0.2) is 12.1 Å². The van der Waals surface area contributed by atoms with Crippen molar-refractivity contribution in [1.82, 2.24) is 10.6 Å². The fourth-order valence-electron chi connectivity index (χ4n) is 2.12. The molecule has 0 spiro atoms. The molecular weight excluding hydrogens is 287 g/mol. The van der Waals surface area contributed by atoms with Gasteiger partial charge in [-0.25, -0.2) is 0 Å². The lowest BCUT2D eigenvalue weighted by Crippen LogP contribution is -2.42. The zero-order chi connectivity index (χ0) is 13.8. The zero-order valence-electron chi connectivity index (χ0n) is 10.4. The summed E-state index contributed by atoms with van der Waals surface area (Å²) in [6, 6.07) is 2.89. The van der Waals surface area contributed by atoms with Gasteiger partial charge in [0.25, 0.3) is 0 Å². The van der Waals surface area contributed by atoms with Crippen molar-refractivity contribution in [3.05, 3.63) is 27.7 Å². The number of nitrogens with one attached hydrogen (secondary N) is 2. The first kappa shape index (κ1) is 14.4. The minimum absolute atomic E-state index is 0.00474. The molecule has 1 heterocycles. The van der Waals surface area contributed by atoms with E-state index < -0.39 is 0 Å². The lowest BCUT2D eigenvalue weighted by molar-refractivity contribution is -0.122. The maximum absolute atomic E-state index is 11.8. The molecule has 3 N–H and O–H groups in total. The largest absolute Gasteiger partial charge is 0.506 e. The summed E-state index contributed by atoms with van der Waals surface area (Å²) in [6.45, 7) is 1.08. The van der Waals surface area contributed by atoms with Gasteiger partial charge in [-0.15, -0.1) is 0 Å². The van der Waals surface area contributed by atoms with Crippen LogP contribution >= 0.6 is 23.2 Å². The summed E-state index contributed by atoms with van der Waals surface area (Å²) < 4.78 is 0.